The average Bonchev–Trinajstić information content (AvgIpc) is 4.03. The van der Waals surface area contributed by atoms with Crippen molar-refractivity contribution in [3.63, 3.8) is 0 Å². The first kappa shape index (κ1) is 31.7. The van der Waals surface area contributed by atoms with E-state index in [2.05, 4.69) is 201 Å². The third-order valence-electron chi connectivity index (χ3n) is 11.9. The molecule has 1 aliphatic rings. The number of aromatic nitrogens is 3. The van der Waals surface area contributed by atoms with Crippen LogP contribution in [-0.4, -0.2) is 25.6 Å². The van der Waals surface area contributed by atoms with Crippen LogP contribution >= 0.6 is 11.3 Å². The van der Waals surface area contributed by atoms with Gasteiger partial charge in [0.15, 0.2) is 6.17 Å². The molecular formula is C51H32N6S. The second-order valence-corrected chi connectivity index (χ2v) is 16.1. The van der Waals surface area contributed by atoms with Gasteiger partial charge in [-0.15, -0.1) is 11.3 Å². The van der Waals surface area contributed by atoms with E-state index in [1.807, 2.05) is 11.3 Å². The number of rotatable bonds is 2. The van der Waals surface area contributed by atoms with E-state index in [1.165, 1.54) is 41.7 Å². The molecule has 0 saturated heterocycles. The molecule has 272 valence electrons. The summed E-state index contributed by atoms with van der Waals surface area (Å²) >= 11 is 1.83. The van der Waals surface area contributed by atoms with Gasteiger partial charge in [0.25, 0.3) is 0 Å². The predicted molar refractivity (Wildman–Crippen MR) is 244 cm³/mol. The van der Waals surface area contributed by atoms with Crippen LogP contribution in [0.4, 0.5) is 0 Å². The Balaban J connectivity index is 1.14. The molecule has 6 nitrogen and oxygen atoms in total. The van der Waals surface area contributed by atoms with Gasteiger partial charge in [0.2, 0.25) is 11.9 Å². The molecule has 0 bridgehead atoms. The minimum absolute atomic E-state index is 0.424. The van der Waals surface area contributed by atoms with E-state index in [-0.39, 0.29) is 0 Å². The number of aliphatic imine (C=N–C) groups is 2. The van der Waals surface area contributed by atoms with Crippen LogP contribution in [0.3, 0.4) is 0 Å². The lowest BCUT2D eigenvalue weighted by Crippen LogP contribution is -2.38. The van der Waals surface area contributed by atoms with Crippen molar-refractivity contribution in [3.8, 4) is 5.69 Å². The Morgan fingerprint density at radius 3 is 1.55 bits per heavy atom. The maximum absolute atomic E-state index is 5.58. The van der Waals surface area contributed by atoms with E-state index in [4.69, 9.17) is 9.98 Å². The number of fused-ring (bicyclic) bond motifs is 13. The molecule has 13 rings (SSSR count). The summed E-state index contributed by atoms with van der Waals surface area (Å²) in [5.41, 5.74) is 8.78. The van der Waals surface area contributed by atoms with Gasteiger partial charge in [0, 0.05) is 58.2 Å². The Morgan fingerprint density at radius 1 is 0.414 bits per heavy atom. The molecule has 1 atom stereocenters. The summed E-state index contributed by atoms with van der Waals surface area (Å²) in [4.78, 5) is 11.1. The minimum Gasteiger partial charge on any atom is -0.330 e. The van der Waals surface area contributed by atoms with Crippen LogP contribution in [0.2, 0.25) is 0 Å². The van der Waals surface area contributed by atoms with Gasteiger partial charge in [-0.3, -0.25) is 9.13 Å². The highest BCUT2D eigenvalue weighted by atomic mass is 32.1. The van der Waals surface area contributed by atoms with Gasteiger partial charge < -0.3 is 9.88 Å². The zero-order chi connectivity index (χ0) is 37.9. The lowest BCUT2D eigenvalue weighted by atomic mass is 10.1. The summed E-state index contributed by atoms with van der Waals surface area (Å²) in [5, 5.41) is 13.5. The smallest absolute Gasteiger partial charge is 0.235 e. The van der Waals surface area contributed by atoms with Crippen molar-refractivity contribution >= 4 is 109 Å². The zero-order valence-electron chi connectivity index (χ0n) is 31.0. The molecule has 1 N–H and O–H groups in total. The van der Waals surface area contributed by atoms with Gasteiger partial charge in [-0.2, -0.15) is 4.99 Å². The number of benzene rings is 8. The van der Waals surface area contributed by atoms with E-state index in [0.717, 1.165) is 61.1 Å². The molecule has 7 heteroatoms. The summed E-state index contributed by atoms with van der Waals surface area (Å²) in [6, 6.07) is 65.3. The maximum atomic E-state index is 5.58. The molecule has 0 saturated carbocycles. The van der Waals surface area contributed by atoms with Crippen molar-refractivity contribution in [1.29, 1.82) is 0 Å². The molecule has 0 aliphatic carbocycles. The van der Waals surface area contributed by atoms with Crippen molar-refractivity contribution in [3.05, 3.63) is 188 Å². The lowest BCUT2D eigenvalue weighted by Gasteiger charge is -2.25. The number of hydrogen-bond acceptors (Lipinski definition) is 4. The molecule has 0 fully saturated rings. The molecule has 1 aliphatic heterocycles. The van der Waals surface area contributed by atoms with Gasteiger partial charge in [-0.1, -0.05) is 133 Å². The van der Waals surface area contributed by atoms with Crippen LogP contribution < -0.4 is 5.32 Å². The van der Waals surface area contributed by atoms with Crippen molar-refractivity contribution in [2.45, 2.75) is 6.17 Å². The summed E-state index contributed by atoms with van der Waals surface area (Å²) < 4.78 is 9.52. The van der Waals surface area contributed by atoms with Gasteiger partial charge in [0.05, 0.1) is 33.1 Å². The number of para-hydroxylation sites is 5. The molecule has 1 unspecified atom stereocenters. The van der Waals surface area contributed by atoms with E-state index >= 15 is 0 Å². The SMILES string of the molecule is c1ccc(-n2c3ccccc3c3ccc4c5ccccc5n(C5=NC(n6c7ccccc7c7ccccc76)=NC(c6ccc7c(c6)sc6ccccc67)N5)c4c32)cc1. The number of nitrogens with zero attached hydrogens (tertiary/aromatic N) is 5. The number of nitrogens with one attached hydrogen (secondary N) is 1. The first-order chi connectivity index (χ1) is 28.8. The normalized spacial score (nSPS) is 14.7. The van der Waals surface area contributed by atoms with Crippen molar-refractivity contribution < 1.29 is 0 Å². The van der Waals surface area contributed by atoms with Crippen molar-refractivity contribution in [2.75, 3.05) is 0 Å². The fourth-order valence-corrected chi connectivity index (χ4v) is 10.6. The fraction of sp³-hybridized carbons (Fsp3) is 0.0196. The molecule has 12 aromatic rings. The van der Waals surface area contributed by atoms with Crippen LogP contribution in [0.1, 0.15) is 11.7 Å². The Kier molecular flexibility index (Phi) is 6.56. The fourth-order valence-electron chi connectivity index (χ4n) is 9.42. The molecule has 0 amide bonds. The van der Waals surface area contributed by atoms with Gasteiger partial charge >= 0.3 is 0 Å². The average molecular weight is 761 g/mol. The summed E-state index contributed by atoms with van der Waals surface area (Å²) in [7, 11) is 0. The Bertz CT molecular complexity index is 3670. The molecule has 58 heavy (non-hydrogen) atoms. The van der Waals surface area contributed by atoms with Crippen molar-refractivity contribution in [2.24, 2.45) is 9.98 Å². The second kappa shape index (κ2) is 12.0. The van der Waals surface area contributed by atoms with E-state index in [1.54, 1.807) is 0 Å². The summed E-state index contributed by atoms with van der Waals surface area (Å²) in [5.74, 6) is 1.35. The number of thiophene rings is 1. The third kappa shape index (κ3) is 4.42. The van der Waals surface area contributed by atoms with Gasteiger partial charge in [0.1, 0.15) is 0 Å². The Hall–Kier alpha value is -7.48. The third-order valence-corrected chi connectivity index (χ3v) is 13.0. The van der Waals surface area contributed by atoms with Gasteiger partial charge in [-0.25, -0.2) is 4.99 Å². The highest BCUT2D eigenvalue weighted by molar-refractivity contribution is 7.25. The predicted octanol–water partition coefficient (Wildman–Crippen LogP) is 12.8. The molecular weight excluding hydrogens is 729 g/mol. The van der Waals surface area contributed by atoms with Crippen LogP contribution in [0.5, 0.6) is 0 Å². The molecule has 8 aromatic carbocycles. The first-order valence-electron chi connectivity index (χ1n) is 19.6. The second-order valence-electron chi connectivity index (χ2n) is 15.0. The maximum Gasteiger partial charge on any atom is 0.235 e. The minimum atomic E-state index is -0.424. The largest absolute Gasteiger partial charge is 0.330 e. The van der Waals surface area contributed by atoms with Crippen LogP contribution in [0, 0.1) is 0 Å². The molecule has 0 radical (unpaired) electrons. The monoisotopic (exact) mass is 760 g/mol. The van der Waals surface area contributed by atoms with Gasteiger partial charge in [-0.05, 0) is 54.1 Å². The van der Waals surface area contributed by atoms with E-state index in [0.29, 0.717) is 5.96 Å². The van der Waals surface area contributed by atoms with E-state index in [9.17, 15) is 0 Å². The number of hydrogen-bond donors (Lipinski definition) is 1. The topological polar surface area (TPSA) is 51.5 Å². The van der Waals surface area contributed by atoms with Crippen LogP contribution in [0.25, 0.3) is 91.3 Å². The Labute approximate surface area is 335 Å². The zero-order valence-corrected chi connectivity index (χ0v) is 31.9. The Morgan fingerprint density at radius 2 is 0.897 bits per heavy atom. The summed E-state index contributed by atoms with van der Waals surface area (Å²) in [6.45, 7) is 0. The summed E-state index contributed by atoms with van der Waals surface area (Å²) in [6.07, 6.45) is -0.424. The van der Waals surface area contributed by atoms with Crippen molar-refractivity contribution in [1.82, 2.24) is 19.0 Å². The molecule has 0 spiro atoms. The van der Waals surface area contributed by atoms with Crippen LogP contribution in [-0.2, 0) is 0 Å². The molecule has 4 aromatic heterocycles. The highest BCUT2D eigenvalue weighted by Crippen LogP contribution is 2.41. The van der Waals surface area contributed by atoms with Crippen LogP contribution in [0.15, 0.2) is 192 Å². The lowest BCUT2D eigenvalue weighted by molar-refractivity contribution is 0.657. The molecule has 5 heterocycles. The first-order valence-corrected chi connectivity index (χ1v) is 20.4. The van der Waals surface area contributed by atoms with E-state index < -0.39 is 6.17 Å². The standard InChI is InChI=1S/C51H32N6S/c1-2-14-32(15-3-1)55-41-21-9-6-18-35(41)39-28-29-40-36-19-7-12-24-44(36)57(48(40)47(39)55)51-53-49(31-26-27-38-37-20-8-13-25-45(37)58-46(38)30-31)52-50(54-51)56-42-22-10-4-16-33(42)34-17-5-11-23-43(34)56/h1-30,49H,(H,52,53,54). The quantitative estimate of drug-likeness (QED) is 0.187. The highest BCUT2D eigenvalue weighted by Gasteiger charge is 2.28.